The lowest BCUT2D eigenvalue weighted by molar-refractivity contribution is 0.282. The molecule has 0 spiro atoms. The Balaban J connectivity index is 1.90. The van der Waals surface area contributed by atoms with Crippen LogP contribution in [0.4, 0.5) is 5.69 Å². The molecule has 0 unspecified atom stereocenters. The third kappa shape index (κ3) is 2.05. The van der Waals surface area contributed by atoms with E-state index >= 15 is 0 Å². The Hall–Kier alpha value is -1.06. The molecule has 4 N–H and O–H groups in total. The van der Waals surface area contributed by atoms with Crippen LogP contribution in [0.1, 0.15) is 18.4 Å². The fourth-order valence-electron chi connectivity index (χ4n) is 1.72. The molecule has 2 rings (SSSR count). The van der Waals surface area contributed by atoms with Crippen molar-refractivity contribution in [3.05, 3.63) is 29.8 Å². The lowest BCUT2D eigenvalue weighted by Crippen LogP contribution is -2.44. The zero-order chi connectivity index (χ0) is 9.97. The molecular formula is C11H16N2O. The molecule has 3 heteroatoms. The van der Waals surface area contributed by atoms with Gasteiger partial charge in [0.15, 0.2) is 0 Å². The Morgan fingerprint density at radius 1 is 1.29 bits per heavy atom. The van der Waals surface area contributed by atoms with E-state index in [-0.39, 0.29) is 6.61 Å². The van der Waals surface area contributed by atoms with E-state index in [9.17, 15) is 0 Å². The molecule has 1 aromatic rings. The van der Waals surface area contributed by atoms with Crippen LogP contribution in [-0.4, -0.2) is 17.2 Å². The molecule has 1 aliphatic carbocycles. The van der Waals surface area contributed by atoms with E-state index in [1.165, 1.54) is 0 Å². The second-order valence-corrected chi connectivity index (χ2v) is 3.93. The second kappa shape index (κ2) is 3.98. The lowest BCUT2D eigenvalue weighted by atomic mass is 9.87. The molecule has 3 nitrogen and oxygen atoms in total. The van der Waals surface area contributed by atoms with Crippen molar-refractivity contribution in [2.75, 3.05) is 5.32 Å². The SMILES string of the molecule is NC1CC(Nc2ccc(CO)cc2)C1. The van der Waals surface area contributed by atoms with Gasteiger partial charge in [-0.1, -0.05) is 12.1 Å². The molecule has 0 amide bonds. The first-order valence-electron chi connectivity index (χ1n) is 5.00. The van der Waals surface area contributed by atoms with E-state index in [1.807, 2.05) is 24.3 Å². The van der Waals surface area contributed by atoms with Gasteiger partial charge < -0.3 is 16.2 Å². The van der Waals surface area contributed by atoms with Gasteiger partial charge in [0.05, 0.1) is 6.61 Å². The summed E-state index contributed by atoms with van der Waals surface area (Å²) in [5.41, 5.74) is 7.75. The van der Waals surface area contributed by atoms with Gasteiger partial charge in [-0.05, 0) is 30.5 Å². The van der Waals surface area contributed by atoms with Crippen LogP contribution in [0.25, 0.3) is 0 Å². The van der Waals surface area contributed by atoms with Crippen LogP contribution in [0.2, 0.25) is 0 Å². The third-order valence-electron chi connectivity index (χ3n) is 2.68. The number of benzene rings is 1. The molecule has 1 fully saturated rings. The number of anilines is 1. The minimum absolute atomic E-state index is 0.106. The van der Waals surface area contributed by atoms with E-state index < -0.39 is 0 Å². The molecule has 1 aliphatic rings. The molecule has 0 saturated heterocycles. The molecule has 1 aromatic carbocycles. The van der Waals surface area contributed by atoms with Crippen molar-refractivity contribution in [3.63, 3.8) is 0 Å². The molecule has 0 aromatic heterocycles. The first kappa shape index (κ1) is 9.49. The van der Waals surface area contributed by atoms with Gasteiger partial charge in [-0.2, -0.15) is 0 Å². The topological polar surface area (TPSA) is 58.3 Å². The molecular weight excluding hydrogens is 176 g/mol. The van der Waals surface area contributed by atoms with Gasteiger partial charge in [-0.15, -0.1) is 0 Å². The number of hydrogen-bond acceptors (Lipinski definition) is 3. The molecule has 0 aliphatic heterocycles. The predicted octanol–water partition coefficient (Wildman–Crippen LogP) is 1.08. The average molecular weight is 192 g/mol. The largest absolute Gasteiger partial charge is 0.392 e. The predicted molar refractivity (Wildman–Crippen MR) is 57.0 cm³/mol. The highest BCUT2D eigenvalue weighted by atomic mass is 16.3. The van der Waals surface area contributed by atoms with Crippen LogP contribution in [0.15, 0.2) is 24.3 Å². The highest BCUT2D eigenvalue weighted by Crippen LogP contribution is 2.22. The van der Waals surface area contributed by atoms with E-state index in [0.29, 0.717) is 12.1 Å². The second-order valence-electron chi connectivity index (χ2n) is 3.93. The van der Waals surface area contributed by atoms with Gasteiger partial charge in [0.1, 0.15) is 0 Å². The number of aliphatic hydroxyl groups is 1. The number of aliphatic hydroxyl groups excluding tert-OH is 1. The Bertz CT molecular complexity index is 291. The number of nitrogens with two attached hydrogens (primary N) is 1. The smallest absolute Gasteiger partial charge is 0.0681 e. The Kier molecular flexibility index (Phi) is 2.70. The van der Waals surface area contributed by atoms with Crippen molar-refractivity contribution in [1.82, 2.24) is 0 Å². The Labute approximate surface area is 83.9 Å². The van der Waals surface area contributed by atoms with Crippen LogP contribution in [-0.2, 0) is 6.61 Å². The number of nitrogens with one attached hydrogen (secondary N) is 1. The van der Waals surface area contributed by atoms with Crippen molar-refractivity contribution in [2.24, 2.45) is 5.73 Å². The van der Waals surface area contributed by atoms with Crippen molar-refractivity contribution in [3.8, 4) is 0 Å². The Morgan fingerprint density at radius 2 is 1.93 bits per heavy atom. The van der Waals surface area contributed by atoms with Gasteiger partial charge in [0.2, 0.25) is 0 Å². The summed E-state index contributed by atoms with van der Waals surface area (Å²) >= 11 is 0. The van der Waals surface area contributed by atoms with Crippen LogP contribution in [0.5, 0.6) is 0 Å². The normalized spacial score (nSPS) is 25.6. The molecule has 0 bridgehead atoms. The van der Waals surface area contributed by atoms with Crippen LogP contribution >= 0.6 is 0 Å². The zero-order valence-corrected chi connectivity index (χ0v) is 8.11. The maximum absolute atomic E-state index is 8.87. The van der Waals surface area contributed by atoms with Crippen LogP contribution < -0.4 is 11.1 Å². The molecule has 1 saturated carbocycles. The molecule has 0 radical (unpaired) electrons. The van der Waals surface area contributed by atoms with Crippen molar-refractivity contribution >= 4 is 5.69 Å². The summed E-state index contributed by atoms with van der Waals surface area (Å²) < 4.78 is 0. The maximum atomic E-state index is 8.87. The summed E-state index contributed by atoms with van der Waals surface area (Å²) in [4.78, 5) is 0. The first-order chi connectivity index (χ1) is 6.78. The number of hydrogen-bond donors (Lipinski definition) is 3. The quantitative estimate of drug-likeness (QED) is 0.671. The zero-order valence-electron chi connectivity index (χ0n) is 8.11. The van der Waals surface area contributed by atoms with Gasteiger partial charge in [0.25, 0.3) is 0 Å². The van der Waals surface area contributed by atoms with E-state index in [4.69, 9.17) is 10.8 Å². The minimum atomic E-state index is 0.106. The molecule has 0 heterocycles. The first-order valence-corrected chi connectivity index (χ1v) is 5.00. The highest BCUT2D eigenvalue weighted by molar-refractivity contribution is 5.45. The summed E-state index contributed by atoms with van der Waals surface area (Å²) in [6.07, 6.45) is 2.11. The molecule has 76 valence electrons. The van der Waals surface area contributed by atoms with Crippen molar-refractivity contribution < 1.29 is 5.11 Å². The van der Waals surface area contributed by atoms with Gasteiger partial charge in [-0.25, -0.2) is 0 Å². The van der Waals surface area contributed by atoms with Gasteiger partial charge >= 0.3 is 0 Å². The molecule has 0 atom stereocenters. The lowest BCUT2D eigenvalue weighted by Gasteiger charge is -2.33. The van der Waals surface area contributed by atoms with Crippen molar-refractivity contribution in [1.29, 1.82) is 0 Å². The maximum Gasteiger partial charge on any atom is 0.0681 e. The van der Waals surface area contributed by atoms with Gasteiger partial charge in [0, 0.05) is 17.8 Å². The highest BCUT2D eigenvalue weighted by Gasteiger charge is 2.25. The fourth-order valence-corrected chi connectivity index (χ4v) is 1.72. The van der Waals surface area contributed by atoms with Crippen LogP contribution in [0, 0.1) is 0 Å². The van der Waals surface area contributed by atoms with E-state index in [1.54, 1.807) is 0 Å². The minimum Gasteiger partial charge on any atom is -0.392 e. The third-order valence-corrected chi connectivity index (χ3v) is 2.68. The summed E-state index contributed by atoms with van der Waals surface area (Å²) in [5.74, 6) is 0. The Morgan fingerprint density at radius 3 is 2.43 bits per heavy atom. The summed E-state index contributed by atoms with van der Waals surface area (Å²) in [6, 6.07) is 8.77. The molecule has 14 heavy (non-hydrogen) atoms. The fraction of sp³-hybridized carbons (Fsp3) is 0.455. The summed E-state index contributed by atoms with van der Waals surface area (Å²) in [5, 5.41) is 12.3. The van der Waals surface area contributed by atoms with E-state index in [2.05, 4.69) is 5.32 Å². The summed E-state index contributed by atoms with van der Waals surface area (Å²) in [7, 11) is 0. The van der Waals surface area contributed by atoms with Crippen molar-refractivity contribution in [2.45, 2.75) is 31.5 Å². The monoisotopic (exact) mass is 192 g/mol. The standard InChI is InChI=1S/C11H16N2O/c12-9-5-11(6-9)13-10-3-1-8(7-14)2-4-10/h1-4,9,11,13-14H,5-7,12H2. The van der Waals surface area contributed by atoms with E-state index in [0.717, 1.165) is 24.1 Å². The van der Waals surface area contributed by atoms with Gasteiger partial charge in [-0.3, -0.25) is 0 Å². The average Bonchev–Trinajstić information content (AvgIpc) is 2.17. The summed E-state index contributed by atoms with van der Waals surface area (Å²) in [6.45, 7) is 0.106. The van der Waals surface area contributed by atoms with Crippen LogP contribution in [0.3, 0.4) is 0 Å². The number of rotatable bonds is 3.